The summed E-state index contributed by atoms with van der Waals surface area (Å²) in [5, 5.41) is 3.34. The number of hydrogen-bond donors (Lipinski definition) is 1. The van der Waals surface area contributed by atoms with Crippen molar-refractivity contribution in [2.24, 2.45) is 4.99 Å². The molecule has 2 aromatic rings. The lowest BCUT2D eigenvalue weighted by Gasteiger charge is -2.37. The summed E-state index contributed by atoms with van der Waals surface area (Å²) in [6.07, 6.45) is 0. The number of ether oxygens (including phenoxy) is 1. The lowest BCUT2D eigenvalue weighted by Crippen LogP contribution is -2.52. The summed E-state index contributed by atoms with van der Waals surface area (Å²) in [5.41, 5.74) is 1.55. The lowest BCUT2D eigenvalue weighted by molar-refractivity contribution is 0.370. The molecule has 0 amide bonds. The zero-order valence-electron chi connectivity index (χ0n) is 15.2. The quantitative estimate of drug-likeness (QED) is 0.671. The number of rotatable bonds is 4. The minimum Gasteiger partial charge on any atom is -0.481 e. The van der Waals surface area contributed by atoms with Crippen LogP contribution in [0.2, 0.25) is 0 Å². The number of hydrogen-bond acceptors (Lipinski definition) is 4. The Morgan fingerprint density at radius 1 is 1.15 bits per heavy atom. The largest absolute Gasteiger partial charge is 0.481 e. The van der Waals surface area contributed by atoms with Crippen LogP contribution in [0.15, 0.2) is 47.5 Å². The van der Waals surface area contributed by atoms with Crippen LogP contribution in [0.4, 0.5) is 10.1 Å². The fraction of sp³-hybridized carbons (Fsp3) is 0.368. The number of methoxy groups -OCH3 is 1. The van der Waals surface area contributed by atoms with E-state index in [2.05, 4.69) is 25.1 Å². The molecule has 1 aromatic heterocycles. The SMILES string of the molecule is CN=C(NCc1cccc(OC)n1)N1CCN(c2ccccc2F)CC1. The maximum atomic E-state index is 14.0. The summed E-state index contributed by atoms with van der Waals surface area (Å²) in [5.74, 6) is 1.24. The minimum absolute atomic E-state index is 0.174. The number of piperazine rings is 1. The van der Waals surface area contributed by atoms with Gasteiger partial charge in [0, 0.05) is 39.3 Å². The van der Waals surface area contributed by atoms with Crippen LogP contribution in [0.3, 0.4) is 0 Å². The van der Waals surface area contributed by atoms with Crippen molar-refractivity contribution >= 4 is 11.6 Å². The Morgan fingerprint density at radius 2 is 1.92 bits per heavy atom. The van der Waals surface area contributed by atoms with Crippen molar-refractivity contribution in [1.82, 2.24) is 15.2 Å². The Hall–Kier alpha value is -2.83. The topological polar surface area (TPSA) is 53.0 Å². The van der Waals surface area contributed by atoms with Gasteiger partial charge in [0.1, 0.15) is 5.82 Å². The van der Waals surface area contributed by atoms with E-state index in [-0.39, 0.29) is 5.82 Å². The average molecular weight is 357 g/mol. The molecule has 1 aliphatic rings. The summed E-state index contributed by atoms with van der Waals surface area (Å²) in [6, 6.07) is 12.6. The van der Waals surface area contributed by atoms with Crippen LogP contribution >= 0.6 is 0 Å². The van der Waals surface area contributed by atoms with Gasteiger partial charge in [0.25, 0.3) is 0 Å². The zero-order chi connectivity index (χ0) is 18.4. The van der Waals surface area contributed by atoms with Crippen molar-refractivity contribution in [2.45, 2.75) is 6.54 Å². The number of guanidine groups is 1. The Labute approximate surface area is 153 Å². The Morgan fingerprint density at radius 3 is 2.62 bits per heavy atom. The van der Waals surface area contributed by atoms with Gasteiger partial charge in [-0.25, -0.2) is 9.37 Å². The van der Waals surface area contributed by atoms with Gasteiger partial charge in [-0.2, -0.15) is 0 Å². The van der Waals surface area contributed by atoms with Gasteiger partial charge in [0.15, 0.2) is 5.96 Å². The highest BCUT2D eigenvalue weighted by atomic mass is 19.1. The van der Waals surface area contributed by atoms with Crippen molar-refractivity contribution in [2.75, 3.05) is 45.2 Å². The second kappa shape index (κ2) is 8.51. The van der Waals surface area contributed by atoms with Crippen LogP contribution in [-0.2, 0) is 6.54 Å². The van der Waals surface area contributed by atoms with Gasteiger partial charge in [-0.05, 0) is 18.2 Å². The Kier molecular flexibility index (Phi) is 5.88. The summed E-state index contributed by atoms with van der Waals surface area (Å²) in [7, 11) is 3.37. The van der Waals surface area contributed by atoms with E-state index in [0.717, 1.165) is 37.8 Å². The van der Waals surface area contributed by atoms with Crippen LogP contribution in [0.25, 0.3) is 0 Å². The summed E-state index contributed by atoms with van der Waals surface area (Å²) < 4.78 is 19.1. The number of pyridine rings is 1. The molecule has 0 unspecified atom stereocenters. The number of anilines is 1. The highest BCUT2D eigenvalue weighted by molar-refractivity contribution is 5.80. The third-order valence-electron chi connectivity index (χ3n) is 4.40. The first-order valence-corrected chi connectivity index (χ1v) is 8.66. The summed E-state index contributed by atoms with van der Waals surface area (Å²) in [4.78, 5) is 13.0. The summed E-state index contributed by atoms with van der Waals surface area (Å²) in [6.45, 7) is 3.62. The fourth-order valence-electron chi connectivity index (χ4n) is 3.04. The molecule has 6 nitrogen and oxygen atoms in total. The highest BCUT2D eigenvalue weighted by Crippen LogP contribution is 2.20. The molecule has 0 radical (unpaired) electrons. The second-order valence-corrected chi connectivity index (χ2v) is 6.00. The molecule has 0 atom stereocenters. The van der Waals surface area contributed by atoms with Gasteiger partial charge in [-0.3, -0.25) is 4.99 Å². The summed E-state index contributed by atoms with van der Waals surface area (Å²) >= 11 is 0. The molecule has 1 aromatic carbocycles. The first-order chi connectivity index (χ1) is 12.7. The van der Waals surface area contributed by atoms with Gasteiger partial charge in [-0.1, -0.05) is 18.2 Å². The predicted octanol–water partition coefficient (Wildman–Crippen LogP) is 2.13. The molecule has 1 fully saturated rings. The van der Waals surface area contributed by atoms with E-state index in [4.69, 9.17) is 4.74 Å². The molecule has 2 heterocycles. The molecule has 3 rings (SSSR count). The van der Waals surface area contributed by atoms with E-state index in [0.29, 0.717) is 18.1 Å². The number of halogens is 1. The van der Waals surface area contributed by atoms with Crippen molar-refractivity contribution in [1.29, 1.82) is 0 Å². The molecule has 7 heteroatoms. The highest BCUT2D eigenvalue weighted by Gasteiger charge is 2.21. The Balaban J connectivity index is 1.56. The zero-order valence-corrected chi connectivity index (χ0v) is 15.2. The van der Waals surface area contributed by atoms with Crippen LogP contribution in [-0.4, -0.2) is 56.2 Å². The molecule has 0 aliphatic carbocycles. The smallest absolute Gasteiger partial charge is 0.213 e. The standard InChI is InChI=1S/C19H24FN5O/c1-21-19(22-14-15-6-5-9-18(23-15)26-2)25-12-10-24(11-13-25)17-8-4-3-7-16(17)20/h3-9H,10-14H2,1-2H3,(H,21,22). The van der Waals surface area contributed by atoms with Gasteiger partial charge < -0.3 is 19.9 Å². The molecule has 1 aliphatic heterocycles. The molecule has 138 valence electrons. The molecule has 0 spiro atoms. The van der Waals surface area contributed by atoms with Crippen molar-refractivity contribution in [3.8, 4) is 5.88 Å². The van der Waals surface area contributed by atoms with E-state index in [9.17, 15) is 4.39 Å². The predicted molar refractivity (Wildman–Crippen MR) is 101 cm³/mol. The van der Waals surface area contributed by atoms with E-state index < -0.39 is 0 Å². The van der Waals surface area contributed by atoms with E-state index >= 15 is 0 Å². The lowest BCUT2D eigenvalue weighted by atomic mass is 10.2. The van der Waals surface area contributed by atoms with Crippen molar-refractivity contribution in [3.05, 3.63) is 54.0 Å². The number of aromatic nitrogens is 1. The van der Waals surface area contributed by atoms with Gasteiger partial charge in [0.05, 0.1) is 25.0 Å². The van der Waals surface area contributed by atoms with Crippen LogP contribution in [0.1, 0.15) is 5.69 Å². The van der Waals surface area contributed by atoms with Gasteiger partial charge in [-0.15, -0.1) is 0 Å². The van der Waals surface area contributed by atoms with Crippen LogP contribution in [0.5, 0.6) is 5.88 Å². The van der Waals surface area contributed by atoms with Crippen molar-refractivity contribution in [3.63, 3.8) is 0 Å². The van der Waals surface area contributed by atoms with E-state index in [1.807, 2.05) is 30.3 Å². The average Bonchev–Trinajstić information content (AvgIpc) is 2.69. The number of aliphatic imine (C=N–C) groups is 1. The molecule has 0 bridgehead atoms. The first kappa shape index (κ1) is 18.0. The van der Waals surface area contributed by atoms with Crippen LogP contribution < -0.4 is 15.0 Å². The number of nitrogens with zero attached hydrogens (tertiary/aromatic N) is 4. The maximum absolute atomic E-state index is 14.0. The van der Waals surface area contributed by atoms with Crippen molar-refractivity contribution < 1.29 is 9.13 Å². The second-order valence-electron chi connectivity index (χ2n) is 6.00. The fourth-order valence-corrected chi connectivity index (χ4v) is 3.04. The van der Waals surface area contributed by atoms with E-state index in [1.54, 1.807) is 20.2 Å². The number of para-hydroxylation sites is 1. The molecule has 1 N–H and O–H groups in total. The molecular weight excluding hydrogens is 333 g/mol. The monoisotopic (exact) mass is 357 g/mol. The molecule has 0 saturated carbocycles. The first-order valence-electron chi connectivity index (χ1n) is 8.66. The van der Waals surface area contributed by atoms with E-state index in [1.165, 1.54) is 6.07 Å². The molecule has 26 heavy (non-hydrogen) atoms. The third kappa shape index (κ3) is 4.22. The van der Waals surface area contributed by atoms with Gasteiger partial charge >= 0.3 is 0 Å². The number of nitrogens with one attached hydrogen (secondary N) is 1. The van der Waals surface area contributed by atoms with Gasteiger partial charge in [0.2, 0.25) is 5.88 Å². The Bertz CT molecular complexity index is 759. The number of benzene rings is 1. The maximum Gasteiger partial charge on any atom is 0.213 e. The third-order valence-corrected chi connectivity index (χ3v) is 4.40. The minimum atomic E-state index is -0.174. The van der Waals surface area contributed by atoms with Crippen LogP contribution in [0, 0.1) is 5.82 Å². The molecule has 1 saturated heterocycles. The molecular formula is C19H24FN5O. The normalized spacial score (nSPS) is 15.1.